The summed E-state index contributed by atoms with van der Waals surface area (Å²) in [6.45, 7) is 0. The first kappa shape index (κ1) is 14.1. The van der Waals surface area contributed by atoms with Gasteiger partial charge in [0.2, 0.25) is 0 Å². The molecule has 0 bridgehead atoms. The summed E-state index contributed by atoms with van der Waals surface area (Å²) < 4.78 is 18.0. The second-order valence-electron chi connectivity index (χ2n) is 4.04. The van der Waals surface area contributed by atoms with E-state index in [9.17, 15) is 14.3 Å². The minimum Gasteiger partial charge on any atom is -0.495 e. The van der Waals surface area contributed by atoms with E-state index in [2.05, 4.69) is 0 Å². The van der Waals surface area contributed by atoms with Crippen LogP contribution in [0.15, 0.2) is 30.3 Å². The highest BCUT2D eigenvalue weighted by atomic mass is 35.5. The van der Waals surface area contributed by atoms with Crippen molar-refractivity contribution in [2.75, 3.05) is 12.8 Å². The zero-order valence-corrected chi connectivity index (χ0v) is 11.2. The zero-order valence-electron chi connectivity index (χ0n) is 10.5. The molecule has 2 aromatic carbocycles. The minimum absolute atomic E-state index is 0.0117. The van der Waals surface area contributed by atoms with E-state index in [-0.39, 0.29) is 22.0 Å². The Bertz CT molecular complexity index is 671. The van der Waals surface area contributed by atoms with Crippen LogP contribution in [0.25, 0.3) is 11.1 Å². The molecule has 0 aliphatic heterocycles. The van der Waals surface area contributed by atoms with E-state index in [0.29, 0.717) is 11.1 Å². The van der Waals surface area contributed by atoms with E-state index >= 15 is 0 Å². The summed E-state index contributed by atoms with van der Waals surface area (Å²) in [6.07, 6.45) is 0. The highest BCUT2D eigenvalue weighted by Gasteiger charge is 2.21. The smallest absolute Gasteiger partial charge is 0.339 e. The van der Waals surface area contributed by atoms with Gasteiger partial charge in [-0.15, -0.1) is 0 Å². The second-order valence-corrected chi connectivity index (χ2v) is 4.42. The lowest BCUT2D eigenvalue weighted by Gasteiger charge is -2.14. The van der Waals surface area contributed by atoms with Crippen LogP contribution in [-0.2, 0) is 0 Å². The van der Waals surface area contributed by atoms with E-state index in [4.69, 9.17) is 22.1 Å². The van der Waals surface area contributed by atoms with Gasteiger partial charge in [-0.25, -0.2) is 9.18 Å². The van der Waals surface area contributed by atoms with Gasteiger partial charge in [0.05, 0.1) is 17.8 Å². The number of ether oxygens (including phenoxy) is 1. The molecule has 0 heterocycles. The molecule has 3 N–H and O–H groups in total. The number of hydrogen-bond donors (Lipinski definition) is 2. The standard InChI is InChI=1S/C14H11ClFNO3/c1-20-10-6-9(7-2-4-8(16)5-3-7)12(15)11(13(10)17)14(18)19/h2-6H,17H2,1H3,(H,18,19). The first-order valence-electron chi connectivity index (χ1n) is 5.61. The van der Waals surface area contributed by atoms with E-state index in [0.717, 1.165) is 0 Å². The molecule has 0 aromatic heterocycles. The lowest BCUT2D eigenvalue weighted by Crippen LogP contribution is -2.06. The Morgan fingerprint density at radius 2 is 1.95 bits per heavy atom. The van der Waals surface area contributed by atoms with Crippen molar-refractivity contribution in [1.29, 1.82) is 0 Å². The normalized spacial score (nSPS) is 10.3. The summed E-state index contributed by atoms with van der Waals surface area (Å²) in [5, 5.41) is 9.19. The topological polar surface area (TPSA) is 72.5 Å². The van der Waals surface area contributed by atoms with Gasteiger partial charge in [0.1, 0.15) is 17.1 Å². The maximum atomic E-state index is 12.9. The summed E-state index contributed by atoms with van der Waals surface area (Å²) in [6, 6.07) is 7.04. The lowest BCUT2D eigenvalue weighted by atomic mass is 10.0. The van der Waals surface area contributed by atoms with E-state index < -0.39 is 11.8 Å². The molecule has 0 amide bonds. The Morgan fingerprint density at radius 1 is 1.35 bits per heavy atom. The number of hydrogen-bond acceptors (Lipinski definition) is 3. The molecule has 0 spiro atoms. The number of carboxylic acid groups (broad SMARTS) is 1. The summed E-state index contributed by atoms with van der Waals surface area (Å²) in [5.41, 5.74) is 6.42. The first-order valence-corrected chi connectivity index (χ1v) is 5.98. The van der Waals surface area contributed by atoms with Crippen molar-refractivity contribution in [2.24, 2.45) is 0 Å². The Morgan fingerprint density at radius 3 is 2.45 bits per heavy atom. The number of anilines is 1. The van der Waals surface area contributed by atoms with Crippen LogP contribution in [0.3, 0.4) is 0 Å². The van der Waals surface area contributed by atoms with Crippen molar-refractivity contribution in [2.45, 2.75) is 0 Å². The SMILES string of the molecule is COc1cc(-c2ccc(F)cc2)c(Cl)c(C(=O)O)c1N. The van der Waals surface area contributed by atoms with Crippen LogP contribution in [0.4, 0.5) is 10.1 Å². The Balaban J connectivity index is 2.73. The molecule has 20 heavy (non-hydrogen) atoms. The van der Waals surface area contributed by atoms with Crippen LogP contribution in [-0.4, -0.2) is 18.2 Å². The van der Waals surface area contributed by atoms with Crippen LogP contribution in [0.2, 0.25) is 5.02 Å². The molecule has 6 heteroatoms. The molecular weight excluding hydrogens is 285 g/mol. The summed E-state index contributed by atoms with van der Waals surface area (Å²) in [5.74, 6) is -1.45. The molecule has 0 atom stereocenters. The average molecular weight is 296 g/mol. The molecule has 104 valence electrons. The van der Waals surface area contributed by atoms with Gasteiger partial charge in [0.15, 0.2) is 0 Å². The van der Waals surface area contributed by atoms with Crippen molar-refractivity contribution in [3.63, 3.8) is 0 Å². The van der Waals surface area contributed by atoms with Crippen LogP contribution >= 0.6 is 11.6 Å². The fourth-order valence-electron chi connectivity index (χ4n) is 1.87. The number of aromatic carboxylic acids is 1. The van der Waals surface area contributed by atoms with Gasteiger partial charge in [-0.1, -0.05) is 23.7 Å². The summed E-state index contributed by atoms with van der Waals surface area (Å²) in [4.78, 5) is 11.3. The fourth-order valence-corrected chi connectivity index (χ4v) is 2.21. The number of nitrogen functional groups attached to an aromatic ring is 1. The van der Waals surface area contributed by atoms with E-state index in [1.807, 2.05) is 0 Å². The molecule has 0 fully saturated rings. The highest BCUT2D eigenvalue weighted by molar-refractivity contribution is 6.37. The van der Waals surface area contributed by atoms with Crippen LogP contribution in [0, 0.1) is 5.82 Å². The summed E-state index contributed by atoms with van der Waals surface area (Å²) >= 11 is 6.10. The number of carboxylic acids is 1. The van der Waals surface area contributed by atoms with Crippen molar-refractivity contribution in [3.8, 4) is 16.9 Å². The maximum Gasteiger partial charge on any atom is 0.339 e. The molecule has 2 aromatic rings. The van der Waals surface area contributed by atoms with Gasteiger partial charge >= 0.3 is 5.97 Å². The number of rotatable bonds is 3. The molecule has 0 saturated heterocycles. The zero-order chi connectivity index (χ0) is 14.9. The van der Waals surface area contributed by atoms with E-state index in [1.54, 1.807) is 0 Å². The van der Waals surface area contributed by atoms with Crippen molar-refractivity contribution >= 4 is 23.3 Å². The Labute approximate surface area is 119 Å². The fraction of sp³-hybridized carbons (Fsp3) is 0.0714. The minimum atomic E-state index is -1.25. The quantitative estimate of drug-likeness (QED) is 0.851. The number of carbonyl (C=O) groups is 1. The largest absolute Gasteiger partial charge is 0.495 e. The van der Waals surface area contributed by atoms with Crippen LogP contribution < -0.4 is 10.5 Å². The van der Waals surface area contributed by atoms with Crippen molar-refractivity contribution in [3.05, 3.63) is 46.7 Å². The van der Waals surface area contributed by atoms with Crippen LogP contribution in [0.5, 0.6) is 5.75 Å². The molecular formula is C14H11ClFNO3. The third-order valence-electron chi connectivity index (χ3n) is 2.86. The number of nitrogens with two attached hydrogens (primary N) is 1. The molecule has 0 aliphatic carbocycles. The monoisotopic (exact) mass is 295 g/mol. The Kier molecular flexibility index (Phi) is 3.81. The average Bonchev–Trinajstić information content (AvgIpc) is 2.40. The molecule has 2 rings (SSSR count). The molecule has 0 radical (unpaired) electrons. The molecule has 0 aliphatic rings. The van der Waals surface area contributed by atoms with E-state index in [1.165, 1.54) is 37.4 Å². The van der Waals surface area contributed by atoms with Gasteiger partial charge in [-0.3, -0.25) is 0 Å². The lowest BCUT2D eigenvalue weighted by molar-refractivity contribution is 0.0698. The Hall–Kier alpha value is -2.27. The van der Waals surface area contributed by atoms with Crippen LogP contribution in [0.1, 0.15) is 10.4 Å². The summed E-state index contributed by atoms with van der Waals surface area (Å²) in [7, 11) is 1.37. The number of halogens is 2. The molecule has 4 nitrogen and oxygen atoms in total. The highest BCUT2D eigenvalue weighted by Crippen LogP contribution is 2.39. The van der Waals surface area contributed by atoms with Gasteiger partial charge in [-0.2, -0.15) is 0 Å². The van der Waals surface area contributed by atoms with Gasteiger partial charge < -0.3 is 15.6 Å². The third kappa shape index (κ3) is 2.40. The van der Waals surface area contributed by atoms with Crippen molar-refractivity contribution in [1.82, 2.24) is 0 Å². The van der Waals surface area contributed by atoms with Crippen molar-refractivity contribution < 1.29 is 19.0 Å². The van der Waals surface area contributed by atoms with Gasteiger partial charge in [0.25, 0.3) is 0 Å². The maximum absolute atomic E-state index is 12.9. The van der Waals surface area contributed by atoms with Gasteiger partial charge in [0, 0.05) is 5.56 Å². The third-order valence-corrected chi connectivity index (χ3v) is 3.25. The first-order chi connectivity index (χ1) is 9.45. The van der Waals surface area contributed by atoms with Gasteiger partial charge in [-0.05, 0) is 23.8 Å². The predicted octanol–water partition coefficient (Wildman–Crippen LogP) is 3.44. The molecule has 0 saturated carbocycles. The number of methoxy groups -OCH3 is 1. The molecule has 0 unspecified atom stereocenters. The predicted molar refractivity (Wildman–Crippen MR) is 74.8 cm³/mol. The second kappa shape index (κ2) is 5.38. The number of benzene rings is 2.